The van der Waals surface area contributed by atoms with Crippen molar-refractivity contribution in [3.8, 4) is 0 Å². The number of rotatable bonds is 1. The number of aliphatic hydroxyl groups is 1. The van der Waals surface area contributed by atoms with Gasteiger partial charge >= 0.3 is 5.69 Å². The van der Waals surface area contributed by atoms with Gasteiger partial charge in [0, 0.05) is 11.9 Å². The molecule has 7 heteroatoms. The molecule has 6 nitrogen and oxygen atoms in total. The Labute approximate surface area is 83.7 Å². The lowest BCUT2D eigenvalue weighted by Crippen LogP contribution is -2.28. The quantitative estimate of drug-likeness (QED) is 0.647. The van der Waals surface area contributed by atoms with E-state index in [0.717, 1.165) is 0 Å². The summed E-state index contributed by atoms with van der Waals surface area (Å²) >= 11 is 1.23. The molecule has 0 aromatic carbocycles. The maximum absolute atomic E-state index is 11.3. The number of anilines is 1. The van der Waals surface area contributed by atoms with Gasteiger partial charge in [-0.1, -0.05) is 11.8 Å². The van der Waals surface area contributed by atoms with Crippen molar-refractivity contribution in [3.05, 3.63) is 22.7 Å². The van der Waals surface area contributed by atoms with Crippen LogP contribution in [-0.4, -0.2) is 26.0 Å². The molecular formula is C7H9N3O3S. The van der Waals surface area contributed by atoms with Crippen LogP contribution in [0, 0.1) is 0 Å². The third-order valence-electron chi connectivity index (χ3n) is 1.82. The summed E-state index contributed by atoms with van der Waals surface area (Å²) < 4.78 is 6.37. The maximum Gasteiger partial charge on any atom is 0.351 e. The lowest BCUT2D eigenvalue weighted by atomic mass is 10.5. The van der Waals surface area contributed by atoms with E-state index in [1.54, 1.807) is 0 Å². The fourth-order valence-corrected chi connectivity index (χ4v) is 1.94. The molecule has 0 unspecified atom stereocenters. The van der Waals surface area contributed by atoms with Gasteiger partial charge in [-0.2, -0.15) is 4.98 Å². The lowest BCUT2D eigenvalue weighted by molar-refractivity contribution is -0.0839. The van der Waals surface area contributed by atoms with E-state index in [2.05, 4.69) is 4.98 Å². The van der Waals surface area contributed by atoms with Crippen molar-refractivity contribution >= 4 is 17.6 Å². The summed E-state index contributed by atoms with van der Waals surface area (Å²) in [5.74, 6) is 0.699. The highest BCUT2D eigenvalue weighted by molar-refractivity contribution is 7.99. The molecule has 3 N–H and O–H groups in total. The number of nitrogens with zero attached hydrogens (tertiary/aromatic N) is 2. The first kappa shape index (κ1) is 9.50. The molecule has 1 aliphatic rings. The summed E-state index contributed by atoms with van der Waals surface area (Å²) in [5.41, 5.74) is 3.99. The van der Waals surface area contributed by atoms with Gasteiger partial charge in [0.15, 0.2) is 6.23 Å². The summed E-state index contributed by atoms with van der Waals surface area (Å²) in [6.45, 7) is 0. The Hall–Kier alpha value is -1.05. The highest BCUT2D eigenvalue weighted by Gasteiger charge is 2.26. The van der Waals surface area contributed by atoms with Crippen LogP contribution in [0.2, 0.25) is 0 Å². The number of nitrogens with two attached hydrogens (primary N) is 1. The second-order valence-electron chi connectivity index (χ2n) is 2.77. The Balaban J connectivity index is 2.29. The van der Waals surface area contributed by atoms with Gasteiger partial charge in [-0.3, -0.25) is 4.57 Å². The van der Waals surface area contributed by atoms with Gasteiger partial charge in [-0.25, -0.2) is 4.79 Å². The van der Waals surface area contributed by atoms with Crippen LogP contribution < -0.4 is 11.4 Å². The zero-order valence-corrected chi connectivity index (χ0v) is 7.98. The van der Waals surface area contributed by atoms with E-state index in [1.165, 1.54) is 28.6 Å². The molecular weight excluding hydrogens is 206 g/mol. The molecule has 1 saturated heterocycles. The second-order valence-corrected chi connectivity index (χ2v) is 3.84. The summed E-state index contributed by atoms with van der Waals surface area (Å²) in [7, 11) is 0. The van der Waals surface area contributed by atoms with Crippen LogP contribution in [0.4, 0.5) is 5.82 Å². The molecule has 2 atom stereocenters. The molecule has 1 aromatic rings. The monoisotopic (exact) mass is 215 g/mol. The van der Waals surface area contributed by atoms with Crippen molar-refractivity contribution in [3.63, 3.8) is 0 Å². The molecule has 2 rings (SSSR count). The van der Waals surface area contributed by atoms with Gasteiger partial charge in [-0.05, 0) is 6.07 Å². The van der Waals surface area contributed by atoms with E-state index >= 15 is 0 Å². The van der Waals surface area contributed by atoms with Crippen LogP contribution in [0.5, 0.6) is 0 Å². The molecule has 0 spiro atoms. The van der Waals surface area contributed by atoms with Gasteiger partial charge in [0.05, 0.1) is 0 Å². The number of aliphatic hydroxyl groups excluding tert-OH is 1. The Kier molecular flexibility index (Phi) is 2.44. The smallest absolute Gasteiger partial charge is 0.351 e. The first-order valence-electron chi connectivity index (χ1n) is 3.96. The van der Waals surface area contributed by atoms with Crippen molar-refractivity contribution in [1.82, 2.24) is 9.55 Å². The molecule has 0 bridgehead atoms. The average Bonchev–Trinajstić information content (AvgIpc) is 2.51. The van der Waals surface area contributed by atoms with Crippen LogP contribution in [0.1, 0.15) is 6.23 Å². The average molecular weight is 215 g/mol. The van der Waals surface area contributed by atoms with Crippen molar-refractivity contribution in [2.75, 3.05) is 11.5 Å². The standard InChI is InChI=1S/C7H9N3O3S/c8-4-1-2-10(6(11)9-4)5-3-14-7(12)13-5/h1-2,5,7,12H,3H2,(H2,8,9,11)/t5-,7-/m1/s1. The van der Waals surface area contributed by atoms with E-state index in [0.29, 0.717) is 5.75 Å². The van der Waals surface area contributed by atoms with E-state index in [9.17, 15) is 4.79 Å². The minimum Gasteiger partial charge on any atom is -0.383 e. The zero-order chi connectivity index (χ0) is 10.1. The number of ether oxygens (including phenoxy) is 1. The van der Waals surface area contributed by atoms with Crippen molar-refractivity contribution < 1.29 is 9.84 Å². The van der Waals surface area contributed by atoms with E-state index in [4.69, 9.17) is 15.6 Å². The molecule has 1 aliphatic heterocycles. The molecule has 0 radical (unpaired) electrons. The Morgan fingerprint density at radius 3 is 3.14 bits per heavy atom. The minimum absolute atomic E-state index is 0.178. The Morgan fingerprint density at radius 2 is 2.57 bits per heavy atom. The summed E-state index contributed by atoms with van der Waals surface area (Å²) in [4.78, 5) is 14.9. The van der Waals surface area contributed by atoms with E-state index in [-0.39, 0.29) is 5.82 Å². The Morgan fingerprint density at radius 1 is 1.79 bits per heavy atom. The fraction of sp³-hybridized carbons (Fsp3) is 0.429. The van der Waals surface area contributed by atoms with E-state index < -0.39 is 17.5 Å². The van der Waals surface area contributed by atoms with Gasteiger partial charge in [0.1, 0.15) is 5.82 Å². The summed E-state index contributed by atoms with van der Waals surface area (Å²) in [6.07, 6.45) is 1.05. The third kappa shape index (κ3) is 1.74. The second kappa shape index (κ2) is 3.60. The van der Waals surface area contributed by atoms with Crippen molar-refractivity contribution in [2.24, 2.45) is 0 Å². The van der Waals surface area contributed by atoms with Crippen LogP contribution in [0.25, 0.3) is 0 Å². The zero-order valence-electron chi connectivity index (χ0n) is 7.16. The predicted octanol–water partition coefficient (Wildman–Crippen LogP) is -0.637. The van der Waals surface area contributed by atoms with Gasteiger partial charge < -0.3 is 15.6 Å². The molecule has 0 saturated carbocycles. The SMILES string of the molecule is Nc1ccn([C@H]2CS[C@H](O)O2)c(=O)n1. The summed E-state index contributed by atoms with van der Waals surface area (Å²) in [5, 5.41) is 9.09. The number of hydrogen-bond donors (Lipinski definition) is 2. The third-order valence-corrected chi connectivity index (χ3v) is 2.69. The Bertz CT molecular complexity index is 394. The highest BCUT2D eigenvalue weighted by Crippen LogP contribution is 2.28. The van der Waals surface area contributed by atoms with Crippen LogP contribution in [0.3, 0.4) is 0 Å². The number of aromatic nitrogens is 2. The molecule has 1 fully saturated rings. The van der Waals surface area contributed by atoms with Crippen molar-refractivity contribution in [1.29, 1.82) is 0 Å². The largest absolute Gasteiger partial charge is 0.383 e. The van der Waals surface area contributed by atoms with Crippen LogP contribution in [-0.2, 0) is 4.74 Å². The highest BCUT2D eigenvalue weighted by atomic mass is 32.2. The molecule has 0 aliphatic carbocycles. The first-order valence-corrected chi connectivity index (χ1v) is 5.01. The predicted molar refractivity (Wildman–Crippen MR) is 51.5 cm³/mol. The molecule has 14 heavy (non-hydrogen) atoms. The van der Waals surface area contributed by atoms with Gasteiger partial charge in [0.25, 0.3) is 0 Å². The maximum atomic E-state index is 11.3. The van der Waals surface area contributed by atoms with Gasteiger partial charge in [-0.15, -0.1) is 0 Å². The molecule has 0 amide bonds. The molecule has 2 heterocycles. The molecule has 1 aromatic heterocycles. The number of thioether (sulfide) groups is 1. The number of nitrogen functional groups attached to an aromatic ring is 1. The minimum atomic E-state index is -0.871. The molecule has 76 valence electrons. The normalized spacial score (nSPS) is 26.6. The van der Waals surface area contributed by atoms with Crippen molar-refractivity contribution in [2.45, 2.75) is 11.8 Å². The number of hydrogen-bond acceptors (Lipinski definition) is 6. The lowest BCUT2D eigenvalue weighted by Gasteiger charge is -2.11. The van der Waals surface area contributed by atoms with E-state index in [1.807, 2.05) is 0 Å². The topological polar surface area (TPSA) is 90.4 Å². The first-order chi connectivity index (χ1) is 6.66. The summed E-state index contributed by atoms with van der Waals surface area (Å²) in [6, 6.07) is 1.51. The van der Waals surface area contributed by atoms with Crippen LogP contribution in [0.15, 0.2) is 17.1 Å². The van der Waals surface area contributed by atoms with Gasteiger partial charge in [0.2, 0.25) is 5.62 Å². The fourth-order valence-electron chi connectivity index (χ4n) is 1.17. The van der Waals surface area contributed by atoms with Crippen LogP contribution >= 0.6 is 11.8 Å².